The van der Waals surface area contributed by atoms with Crippen LogP contribution >= 0.6 is 0 Å². The first-order valence-electron chi connectivity index (χ1n) is 6.93. The van der Waals surface area contributed by atoms with Gasteiger partial charge in [-0.15, -0.1) is 0 Å². The van der Waals surface area contributed by atoms with Crippen molar-refractivity contribution in [1.82, 2.24) is 4.90 Å². The number of benzene rings is 1. The van der Waals surface area contributed by atoms with Crippen LogP contribution in [0.25, 0.3) is 0 Å². The van der Waals surface area contributed by atoms with E-state index >= 15 is 0 Å². The molecular weight excluding hydrogens is 226 g/mol. The molecule has 1 saturated heterocycles. The normalized spacial score (nSPS) is 28.9. The number of nitrogens with zero attached hydrogens (tertiary/aromatic N) is 1. The van der Waals surface area contributed by atoms with Crippen LogP contribution in [0.15, 0.2) is 24.3 Å². The van der Waals surface area contributed by atoms with Gasteiger partial charge in [-0.1, -0.05) is 24.3 Å². The van der Waals surface area contributed by atoms with Crippen molar-refractivity contribution < 1.29 is 9.84 Å². The molecule has 2 heterocycles. The lowest BCUT2D eigenvalue weighted by atomic mass is 9.96. The zero-order valence-corrected chi connectivity index (χ0v) is 10.7. The van der Waals surface area contributed by atoms with E-state index in [4.69, 9.17) is 4.74 Å². The first-order chi connectivity index (χ1) is 8.83. The number of β-amino-alcohol motifs (C(OH)–C–C–N with tert-alkyl or cyclic N) is 1. The van der Waals surface area contributed by atoms with Gasteiger partial charge in [-0.3, -0.25) is 4.90 Å². The van der Waals surface area contributed by atoms with Gasteiger partial charge in [0.1, 0.15) is 0 Å². The largest absolute Gasteiger partial charge is 0.392 e. The summed E-state index contributed by atoms with van der Waals surface area (Å²) in [4.78, 5) is 2.33. The maximum Gasteiger partial charge on any atom is 0.0954 e. The molecular formula is C15H21NO2. The Labute approximate surface area is 108 Å². The zero-order valence-electron chi connectivity index (χ0n) is 10.7. The van der Waals surface area contributed by atoms with Crippen LogP contribution in [0.1, 0.15) is 30.1 Å². The lowest BCUT2D eigenvalue weighted by Crippen LogP contribution is -2.41. The lowest BCUT2D eigenvalue weighted by Gasteiger charge is -2.35. The SMILES string of the molecule is O[C@H]1CCCN(CC2OCCc3ccccc32)C1. The number of hydrogen-bond donors (Lipinski definition) is 1. The minimum absolute atomic E-state index is 0.155. The summed E-state index contributed by atoms with van der Waals surface area (Å²) < 4.78 is 5.92. The van der Waals surface area contributed by atoms with Crippen molar-refractivity contribution in [3.63, 3.8) is 0 Å². The highest BCUT2D eigenvalue weighted by molar-refractivity contribution is 5.31. The van der Waals surface area contributed by atoms with Crippen molar-refractivity contribution in [2.45, 2.75) is 31.5 Å². The number of aliphatic hydroxyl groups excluding tert-OH is 1. The second-order valence-corrected chi connectivity index (χ2v) is 5.36. The maximum absolute atomic E-state index is 9.72. The predicted octanol–water partition coefficient (Wildman–Crippen LogP) is 1.76. The third-order valence-electron chi connectivity index (χ3n) is 4.00. The number of rotatable bonds is 2. The third-order valence-corrected chi connectivity index (χ3v) is 4.00. The fourth-order valence-electron chi connectivity index (χ4n) is 3.06. The molecule has 0 aliphatic carbocycles. The Kier molecular flexibility index (Phi) is 3.64. The van der Waals surface area contributed by atoms with Gasteiger partial charge >= 0.3 is 0 Å². The first-order valence-corrected chi connectivity index (χ1v) is 6.93. The minimum Gasteiger partial charge on any atom is -0.392 e. The molecule has 2 atom stereocenters. The standard InChI is InChI=1S/C15H21NO2/c17-13-5-3-8-16(10-13)11-15-14-6-2-1-4-12(14)7-9-18-15/h1-2,4,6,13,15,17H,3,5,7-11H2/t13-,15?/m0/s1. The van der Waals surface area contributed by atoms with E-state index < -0.39 is 0 Å². The van der Waals surface area contributed by atoms with Crippen LogP contribution in [0.2, 0.25) is 0 Å². The van der Waals surface area contributed by atoms with E-state index in [1.165, 1.54) is 11.1 Å². The maximum atomic E-state index is 9.72. The quantitative estimate of drug-likeness (QED) is 0.864. The molecule has 1 N–H and O–H groups in total. The van der Waals surface area contributed by atoms with Gasteiger partial charge in [0, 0.05) is 13.1 Å². The van der Waals surface area contributed by atoms with Crippen LogP contribution in [-0.2, 0) is 11.2 Å². The zero-order chi connectivity index (χ0) is 12.4. The second-order valence-electron chi connectivity index (χ2n) is 5.36. The molecule has 0 spiro atoms. The molecule has 98 valence electrons. The van der Waals surface area contributed by atoms with Gasteiger partial charge in [0.15, 0.2) is 0 Å². The lowest BCUT2D eigenvalue weighted by molar-refractivity contribution is -0.00629. The van der Waals surface area contributed by atoms with Crippen molar-refractivity contribution in [3.05, 3.63) is 35.4 Å². The highest BCUT2D eigenvalue weighted by Crippen LogP contribution is 2.28. The Morgan fingerprint density at radius 1 is 1.33 bits per heavy atom. The first kappa shape index (κ1) is 12.2. The van der Waals surface area contributed by atoms with E-state index in [0.29, 0.717) is 0 Å². The molecule has 1 fully saturated rings. The fraction of sp³-hybridized carbons (Fsp3) is 0.600. The summed E-state index contributed by atoms with van der Waals surface area (Å²) in [6.45, 7) is 3.60. The van der Waals surface area contributed by atoms with Gasteiger partial charge in [-0.05, 0) is 36.9 Å². The smallest absolute Gasteiger partial charge is 0.0954 e. The highest BCUT2D eigenvalue weighted by Gasteiger charge is 2.25. The van der Waals surface area contributed by atoms with Gasteiger partial charge in [-0.2, -0.15) is 0 Å². The van der Waals surface area contributed by atoms with Crippen LogP contribution < -0.4 is 0 Å². The van der Waals surface area contributed by atoms with E-state index in [1.54, 1.807) is 0 Å². The molecule has 0 aromatic heterocycles. The van der Waals surface area contributed by atoms with Gasteiger partial charge in [0.05, 0.1) is 18.8 Å². The van der Waals surface area contributed by atoms with Crippen molar-refractivity contribution in [2.75, 3.05) is 26.2 Å². The van der Waals surface area contributed by atoms with Gasteiger partial charge in [0.25, 0.3) is 0 Å². The third kappa shape index (κ3) is 2.58. The number of aliphatic hydroxyl groups is 1. The summed E-state index contributed by atoms with van der Waals surface area (Å²) in [5, 5.41) is 9.72. The Morgan fingerprint density at radius 2 is 2.22 bits per heavy atom. The summed E-state index contributed by atoms with van der Waals surface area (Å²) >= 11 is 0. The Bertz CT molecular complexity index is 407. The minimum atomic E-state index is -0.155. The second kappa shape index (κ2) is 5.39. The molecule has 1 unspecified atom stereocenters. The Hall–Kier alpha value is -0.900. The average Bonchev–Trinajstić information content (AvgIpc) is 2.39. The summed E-state index contributed by atoms with van der Waals surface area (Å²) in [7, 11) is 0. The van der Waals surface area contributed by atoms with Crippen LogP contribution in [-0.4, -0.2) is 42.4 Å². The summed E-state index contributed by atoms with van der Waals surface area (Å²) in [5.74, 6) is 0. The molecule has 1 aromatic carbocycles. The van der Waals surface area contributed by atoms with Crippen LogP contribution in [0, 0.1) is 0 Å². The molecule has 3 rings (SSSR count). The van der Waals surface area contributed by atoms with Crippen LogP contribution in [0.4, 0.5) is 0 Å². The summed E-state index contributed by atoms with van der Waals surface area (Å²) in [5.41, 5.74) is 2.76. The Balaban J connectivity index is 1.70. The molecule has 2 aliphatic rings. The summed E-state index contributed by atoms with van der Waals surface area (Å²) in [6.07, 6.45) is 3.08. The van der Waals surface area contributed by atoms with Gasteiger partial charge in [-0.25, -0.2) is 0 Å². The van der Waals surface area contributed by atoms with Crippen LogP contribution in [0.5, 0.6) is 0 Å². The van der Waals surface area contributed by atoms with E-state index in [-0.39, 0.29) is 12.2 Å². The number of likely N-dealkylation sites (tertiary alicyclic amines) is 1. The number of fused-ring (bicyclic) bond motifs is 1. The van der Waals surface area contributed by atoms with E-state index in [1.807, 2.05) is 0 Å². The highest BCUT2D eigenvalue weighted by atomic mass is 16.5. The molecule has 0 bridgehead atoms. The monoisotopic (exact) mass is 247 g/mol. The van der Waals surface area contributed by atoms with E-state index in [0.717, 1.165) is 45.5 Å². The van der Waals surface area contributed by atoms with E-state index in [2.05, 4.69) is 29.2 Å². The molecule has 18 heavy (non-hydrogen) atoms. The van der Waals surface area contributed by atoms with Gasteiger partial charge in [0.2, 0.25) is 0 Å². The molecule has 3 heteroatoms. The fourth-order valence-corrected chi connectivity index (χ4v) is 3.06. The van der Waals surface area contributed by atoms with Crippen molar-refractivity contribution in [2.24, 2.45) is 0 Å². The van der Waals surface area contributed by atoms with Crippen molar-refractivity contribution in [1.29, 1.82) is 0 Å². The Morgan fingerprint density at radius 3 is 3.11 bits per heavy atom. The number of ether oxygens (including phenoxy) is 1. The molecule has 0 saturated carbocycles. The molecule has 0 radical (unpaired) electrons. The van der Waals surface area contributed by atoms with E-state index in [9.17, 15) is 5.11 Å². The van der Waals surface area contributed by atoms with Gasteiger partial charge < -0.3 is 9.84 Å². The molecule has 3 nitrogen and oxygen atoms in total. The average molecular weight is 247 g/mol. The summed E-state index contributed by atoms with van der Waals surface area (Å²) in [6, 6.07) is 8.58. The van der Waals surface area contributed by atoms with Crippen molar-refractivity contribution in [3.8, 4) is 0 Å². The predicted molar refractivity (Wildman–Crippen MR) is 70.5 cm³/mol. The molecule has 0 amide bonds. The molecule has 1 aromatic rings. The number of piperidine rings is 1. The molecule has 2 aliphatic heterocycles. The van der Waals surface area contributed by atoms with Crippen LogP contribution in [0.3, 0.4) is 0 Å². The van der Waals surface area contributed by atoms with Crippen molar-refractivity contribution >= 4 is 0 Å². The number of hydrogen-bond acceptors (Lipinski definition) is 3. The topological polar surface area (TPSA) is 32.7 Å².